The minimum atomic E-state index is 0.180. The van der Waals surface area contributed by atoms with Crippen LogP contribution in [0.25, 0.3) is 0 Å². The second kappa shape index (κ2) is 10.4. The van der Waals surface area contributed by atoms with Crippen molar-refractivity contribution in [3.05, 3.63) is 29.8 Å². The minimum Gasteiger partial charge on any atom is -0.375 e. The topological polar surface area (TPSA) is 36.0 Å². The third-order valence-corrected chi connectivity index (χ3v) is 6.32. The quantitative estimate of drug-likeness (QED) is 0.695. The fraction of sp³-hybridized carbons (Fsp3) is 0.708. The van der Waals surface area contributed by atoms with E-state index in [1.165, 1.54) is 18.5 Å². The van der Waals surface area contributed by atoms with Crippen molar-refractivity contribution in [2.45, 2.75) is 58.7 Å². The van der Waals surface area contributed by atoms with Crippen molar-refractivity contribution >= 4 is 11.6 Å². The number of morpholine rings is 1. The van der Waals surface area contributed by atoms with Crippen LogP contribution in [0.15, 0.2) is 24.3 Å². The van der Waals surface area contributed by atoms with Crippen LogP contribution in [0.4, 0.5) is 5.69 Å². The molecule has 29 heavy (non-hydrogen) atoms. The highest BCUT2D eigenvalue weighted by atomic mass is 16.5. The van der Waals surface area contributed by atoms with Crippen LogP contribution < -0.4 is 4.90 Å². The maximum absolute atomic E-state index is 12.9. The van der Waals surface area contributed by atoms with Crippen LogP contribution in [0, 0.1) is 5.92 Å². The van der Waals surface area contributed by atoms with E-state index in [2.05, 4.69) is 49.8 Å². The summed E-state index contributed by atoms with van der Waals surface area (Å²) in [5.74, 6) is 0.867. The van der Waals surface area contributed by atoms with E-state index in [1.807, 2.05) is 17.0 Å². The molecule has 2 aliphatic heterocycles. The fourth-order valence-electron chi connectivity index (χ4n) is 4.68. The zero-order chi connectivity index (χ0) is 20.8. The van der Waals surface area contributed by atoms with Gasteiger partial charge in [-0.3, -0.25) is 9.69 Å². The summed E-state index contributed by atoms with van der Waals surface area (Å²) in [5.41, 5.74) is 1.99. The highest BCUT2D eigenvalue weighted by Crippen LogP contribution is 2.23. The van der Waals surface area contributed by atoms with Gasteiger partial charge in [-0.05, 0) is 63.3 Å². The number of carbonyl (C=O) groups excluding carboxylic acids is 1. The molecular formula is C24H39N3O2. The van der Waals surface area contributed by atoms with Crippen molar-refractivity contribution in [2.75, 3.05) is 51.2 Å². The molecule has 0 aliphatic carbocycles. The predicted octanol–water partition coefficient (Wildman–Crippen LogP) is 3.88. The molecule has 2 aliphatic rings. The largest absolute Gasteiger partial charge is 0.375 e. The number of carbonyl (C=O) groups is 1. The Morgan fingerprint density at radius 3 is 2.31 bits per heavy atom. The molecule has 1 amide bonds. The number of unbranched alkanes of at least 4 members (excludes halogenated alkanes) is 1. The van der Waals surface area contributed by atoms with Crippen molar-refractivity contribution in [2.24, 2.45) is 5.92 Å². The average molecular weight is 402 g/mol. The van der Waals surface area contributed by atoms with Gasteiger partial charge < -0.3 is 14.5 Å². The SMILES string of the molecule is CCCCN(C)c1ccc(C(=O)N2CCC(CN3CC(C)OC(C)C3)CC2)cc1. The normalized spacial score (nSPS) is 23.9. The van der Waals surface area contributed by atoms with Crippen molar-refractivity contribution < 1.29 is 9.53 Å². The lowest BCUT2D eigenvalue weighted by molar-refractivity contribution is -0.0728. The summed E-state index contributed by atoms with van der Waals surface area (Å²) in [4.78, 5) is 19.8. The Morgan fingerprint density at radius 2 is 1.72 bits per heavy atom. The second-order valence-corrected chi connectivity index (χ2v) is 9.03. The van der Waals surface area contributed by atoms with Crippen molar-refractivity contribution in [3.8, 4) is 0 Å². The molecule has 5 heteroatoms. The minimum absolute atomic E-state index is 0.180. The number of hydrogen-bond acceptors (Lipinski definition) is 4. The molecule has 2 saturated heterocycles. The number of amides is 1. The molecule has 0 radical (unpaired) electrons. The number of anilines is 1. The van der Waals surface area contributed by atoms with Crippen LogP contribution in [0.5, 0.6) is 0 Å². The zero-order valence-electron chi connectivity index (χ0n) is 18.8. The van der Waals surface area contributed by atoms with Crippen molar-refractivity contribution in [1.29, 1.82) is 0 Å². The van der Waals surface area contributed by atoms with Crippen LogP contribution in [0.3, 0.4) is 0 Å². The number of nitrogens with zero attached hydrogens (tertiary/aromatic N) is 3. The van der Waals surface area contributed by atoms with Crippen LogP contribution in [0.1, 0.15) is 56.8 Å². The average Bonchev–Trinajstić information content (AvgIpc) is 2.71. The molecule has 0 spiro atoms. The Kier molecular flexibility index (Phi) is 7.96. The van der Waals surface area contributed by atoms with Crippen LogP contribution >= 0.6 is 0 Å². The molecule has 2 fully saturated rings. The third-order valence-electron chi connectivity index (χ3n) is 6.32. The first-order chi connectivity index (χ1) is 14.0. The molecule has 1 aromatic rings. The van der Waals surface area contributed by atoms with Gasteiger partial charge in [0.2, 0.25) is 0 Å². The van der Waals surface area contributed by atoms with Gasteiger partial charge in [-0.15, -0.1) is 0 Å². The van der Waals surface area contributed by atoms with Gasteiger partial charge >= 0.3 is 0 Å². The number of piperidine rings is 1. The summed E-state index contributed by atoms with van der Waals surface area (Å²) < 4.78 is 5.85. The molecule has 1 aromatic carbocycles. The number of ether oxygens (including phenoxy) is 1. The Balaban J connectivity index is 1.47. The lowest BCUT2D eigenvalue weighted by atomic mass is 9.95. The predicted molar refractivity (Wildman–Crippen MR) is 120 cm³/mol. The van der Waals surface area contributed by atoms with Gasteiger partial charge in [0.1, 0.15) is 0 Å². The second-order valence-electron chi connectivity index (χ2n) is 9.03. The summed E-state index contributed by atoms with van der Waals surface area (Å²) in [5, 5.41) is 0. The van der Waals surface area contributed by atoms with Gasteiger partial charge in [-0.2, -0.15) is 0 Å². The first-order valence-electron chi connectivity index (χ1n) is 11.4. The third kappa shape index (κ3) is 6.19. The molecule has 5 nitrogen and oxygen atoms in total. The van der Waals surface area contributed by atoms with E-state index in [4.69, 9.17) is 4.74 Å². The molecule has 0 N–H and O–H groups in total. The number of hydrogen-bond donors (Lipinski definition) is 0. The highest BCUT2D eigenvalue weighted by Gasteiger charge is 2.28. The van der Waals surface area contributed by atoms with E-state index in [1.54, 1.807) is 0 Å². The first-order valence-corrected chi connectivity index (χ1v) is 11.4. The summed E-state index contributed by atoms with van der Waals surface area (Å²) in [7, 11) is 2.12. The van der Waals surface area contributed by atoms with Gasteiger partial charge in [0, 0.05) is 57.6 Å². The first kappa shape index (κ1) is 22.1. The summed E-state index contributed by atoms with van der Waals surface area (Å²) in [6.07, 6.45) is 5.23. The Hall–Kier alpha value is -1.59. The maximum atomic E-state index is 12.9. The van der Waals surface area contributed by atoms with Gasteiger partial charge in [0.15, 0.2) is 0 Å². The summed E-state index contributed by atoms with van der Waals surface area (Å²) in [6.45, 7) is 12.5. The lowest BCUT2D eigenvalue weighted by Gasteiger charge is -2.39. The lowest BCUT2D eigenvalue weighted by Crippen LogP contribution is -2.48. The monoisotopic (exact) mass is 401 g/mol. The van der Waals surface area contributed by atoms with E-state index in [9.17, 15) is 4.79 Å². The highest BCUT2D eigenvalue weighted by molar-refractivity contribution is 5.94. The maximum Gasteiger partial charge on any atom is 0.253 e. The Bertz CT molecular complexity index is 630. The van der Waals surface area contributed by atoms with E-state index in [0.29, 0.717) is 18.1 Å². The molecule has 2 heterocycles. The van der Waals surface area contributed by atoms with E-state index in [-0.39, 0.29) is 5.91 Å². The van der Waals surface area contributed by atoms with E-state index >= 15 is 0 Å². The Labute approximate surface area is 177 Å². The van der Waals surface area contributed by atoms with Gasteiger partial charge in [-0.1, -0.05) is 13.3 Å². The summed E-state index contributed by atoms with van der Waals surface area (Å²) >= 11 is 0. The van der Waals surface area contributed by atoms with Crippen LogP contribution in [-0.2, 0) is 4.74 Å². The van der Waals surface area contributed by atoms with Crippen molar-refractivity contribution in [1.82, 2.24) is 9.80 Å². The number of benzene rings is 1. The van der Waals surface area contributed by atoms with E-state index in [0.717, 1.165) is 57.7 Å². The van der Waals surface area contributed by atoms with Gasteiger partial charge in [0.05, 0.1) is 12.2 Å². The van der Waals surface area contributed by atoms with E-state index < -0.39 is 0 Å². The number of rotatable bonds is 7. The van der Waals surface area contributed by atoms with Gasteiger partial charge in [0.25, 0.3) is 5.91 Å². The molecule has 0 bridgehead atoms. The molecule has 162 valence electrons. The smallest absolute Gasteiger partial charge is 0.253 e. The molecule has 0 saturated carbocycles. The fourth-order valence-corrected chi connectivity index (χ4v) is 4.68. The standard InChI is InChI=1S/C24H39N3O2/c1-5-6-13-25(4)23-9-7-22(8-10-23)24(28)27-14-11-21(12-15-27)18-26-16-19(2)29-20(3)17-26/h7-10,19-21H,5-6,11-18H2,1-4H3. The molecule has 3 rings (SSSR count). The van der Waals surface area contributed by atoms with Crippen molar-refractivity contribution in [3.63, 3.8) is 0 Å². The molecular weight excluding hydrogens is 362 g/mol. The zero-order valence-corrected chi connectivity index (χ0v) is 18.8. The van der Waals surface area contributed by atoms with Gasteiger partial charge in [-0.25, -0.2) is 0 Å². The Morgan fingerprint density at radius 1 is 1.10 bits per heavy atom. The summed E-state index contributed by atoms with van der Waals surface area (Å²) in [6, 6.07) is 8.14. The molecule has 2 unspecified atom stereocenters. The molecule has 2 atom stereocenters. The van der Waals surface area contributed by atoms with Crippen LogP contribution in [-0.4, -0.2) is 74.2 Å². The number of likely N-dealkylation sites (tertiary alicyclic amines) is 1. The molecule has 0 aromatic heterocycles. The van der Waals surface area contributed by atoms with Crippen LogP contribution in [0.2, 0.25) is 0 Å².